The minimum atomic E-state index is -3.99. The summed E-state index contributed by atoms with van der Waals surface area (Å²) in [5.41, 5.74) is -0.171. The van der Waals surface area contributed by atoms with Gasteiger partial charge in [0.2, 0.25) is 0 Å². The molecule has 0 spiro atoms. The van der Waals surface area contributed by atoms with Crippen LogP contribution in [-0.4, -0.2) is 24.7 Å². The Bertz CT molecular complexity index is 728. The average molecular weight is 336 g/mol. The summed E-state index contributed by atoms with van der Waals surface area (Å²) < 4.78 is 25.9. The van der Waals surface area contributed by atoms with Crippen molar-refractivity contribution in [1.29, 1.82) is 0 Å². The molecule has 2 rings (SSSR count). The summed E-state index contributed by atoms with van der Waals surface area (Å²) in [4.78, 5) is 11.9. The Kier molecular flexibility index (Phi) is 4.46. The van der Waals surface area contributed by atoms with Gasteiger partial charge in [0, 0.05) is 0 Å². The molecule has 0 saturated heterocycles. The maximum Gasteiger partial charge on any atom is 0.326 e. The Balaban J connectivity index is 2.64. The summed E-state index contributed by atoms with van der Waals surface area (Å²) in [6.07, 6.45) is 3.52. The molecule has 1 N–H and O–H groups in total. The lowest BCUT2D eigenvalue weighted by molar-refractivity contribution is -0.136. The van der Waals surface area contributed by atoms with Gasteiger partial charge < -0.3 is 5.11 Å². The first-order chi connectivity index (χ1) is 10.5. The molecule has 1 aromatic rings. The highest BCUT2D eigenvalue weighted by Crippen LogP contribution is 2.47. The normalized spacial score (nSPS) is 21.3. The molecule has 0 radical (unpaired) electrons. The minimum Gasteiger partial charge on any atom is -0.480 e. The third kappa shape index (κ3) is 3.50. The summed E-state index contributed by atoms with van der Waals surface area (Å²) in [6, 6.07) is 7.83. The molecule has 0 heterocycles. The van der Waals surface area contributed by atoms with E-state index in [-0.39, 0.29) is 10.3 Å². The molecule has 0 bridgehead atoms. The highest BCUT2D eigenvalue weighted by Gasteiger charge is 2.45. The first-order valence-electron chi connectivity index (χ1n) is 7.72. The number of aliphatic carboxylic acids is 1. The fourth-order valence-corrected chi connectivity index (χ4v) is 4.87. The van der Waals surface area contributed by atoms with Crippen molar-refractivity contribution in [1.82, 2.24) is 0 Å². The molecule has 1 aliphatic rings. The van der Waals surface area contributed by atoms with Crippen molar-refractivity contribution in [2.24, 2.45) is 10.8 Å². The van der Waals surface area contributed by atoms with Gasteiger partial charge in [-0.2, -0.15) is 0 Å². The molecule has 126 valence electrons. The third-order valence-corrected chi connectivity index (χ3v) is 6.62. The van der Waals surface area contributed by atoms with Crippen LogP contribution in [0, 0.1) is 10.8 Å². The molecule has 0 amide bonds. The number of carboxylic acid groups (broad SMARTS) is 1. The van der Waals surface area contributed by atoms with Gasteiger partial charge in [0.15, 0.2) is 15.1 Å². The zero-order chi connectivity index (χ0) is 17.5. The lowest BCUT2D eigenvalue weighted by atomic mass is 9.67. The van der Waals surface area contributed by atoms with E-state index in [0.29, 0.717) is 5.57 Å². The Hall–Kier alpha value is -1.62. The van der Waals surface area contributed by atoms with E-state index in [1.165, 1.54) is 12.1 Å². The molecule has 1 unspecified atom stereocenters. The van der Waals surface area contributed by atoms with E-state index >= 15 is 0 Å². The van der Waals surface area contributed by atoms with Crippen LogP contribution in [0.15, 0.2) is 46.9 Å². The summed E-state index contributed by atoms with van der Waals surface area (Å²) in [7, 11) is -3.99. The van der Waals surface area contributed by atoms with Crippen molar-refractivity contribution in [3.05, 3.63) is 42.0 Å². The fraction of sp³-hybridized carbons (Fsp3) is 0.500. The topological polar surface area (TPSA) is 71.4 Å². The molecular formula is C18H24O4S. The SMILES string of the molecule is CC1(C)C=C(C(C(=O)O)S(=O)(=O)c2ccccc2)C(C)(C)CC1. The summed E-state index contributed by atoms with van der Waals surface area (Å²) in [5.74, 6) is -1.31. The third-order valence-electron chi connectivity index (χ3n) is 4.61. The van der Waals surface area contributed by atoms with Crippen LogP contribution in [0.5, 0.6) is 0 Å². The van der Waals surface area contributed by atoms with Crippen molar-refractivity contribution in [2.45, 2.75) is 50.7 Å². The van der Waals surface area contributed by atoms with E-state index in [2.05, 4.69) is 0 Å². The summed E-state index contributed by atoms with van der Waals surface area (Å²) in [5, 5.41) is 8.16. The fourth-order valence-electron chi connectivity index (χ4n) is 3.08. The molecule has 4 nitrogen and oxygen atoms in total. The molecular weight excluding hydrogens is 312 g/mol. The van der Waals surface area contributed by atoms with E-state index in [1.54, 1.807) is 18.2 Å². The van der Waals surface area contributed by atoms with Gasteiger partial charge in [-0.25, -0.2) is 8.42 Å². The second-order valence-electron chi connectivity index (χ2n) is 7.55. The Morgan fingerprint density at radius 3 is 2.17 bits per heavy atom. The standard InChI is InChI=1S/C18H24O4S/c1-17(2)10-11-18(3,4)14(12-17)15(16(19)20)23(21,22)13-8-6-5-7-9-13/h5-9,12,15H,10-11H2,1-4H3,(H,19,20). The van der Waals surface area contributed by atoms with E-state index in [9.17, 15) is 18.3 Å². The van der Waals surface area contributed by atoms with Crippen molar-refractivity contribution in [3.8, 4) is 0 Å². The first kappa shape index (κ1) is 17.7. The van der Waals surface area contributed by atoms with Gasteiger partial charge in [-0.1, -0.05) is 52.0 Å². The molecule has 1 aromatic carbocycles. The minimum absolute atomic E-state index is 0.0486. The first-order valence-corrected chi connectivity index (χ1v) is 9.27. The summed E-state index contributed by atoms with van der Waals surface area (Å²) >= 11 is 0. The van der Waals surface area contributed by atoms with Crippen LogP contribution in [0.25, 0.3) is 0 Å². The lowest BCUT2D eigenvalue weighted by Crippen LogP contribution is -2.40. The Morgan fingerprint density at radius 2 is 1.65 bits per heavy atom. The van der Waals surface area contributed by atoms with Crippen molar-refractivity contribution < 1.29 is 18.3 Å². The zero-order valence-corrected chi connectivity index (χ0v) is 14.9. The van der Waals surface area contributed by atoms with Crippen molar-refractivity contribution in [2.75, 3.05) is 0 Å². The molecule has 1 atom stereocenters. The largest absolute Gasteiger partial charge is 0.480 e. The number of sulfone groups is 1. The predicted molar refractivity (Wildman–Crippen MR) is 89.9 cm³/mol. The van der Waals surface area contributed by atoms with Gasteiger partial charge in [0.05, 0.1) is 4.90 Å². The van der Waals surface area contributed by atoms with Crippen LogP contribution in [-0.2, 0) is 14.6 Å². The number of rotatable bonds is 4. The number of hydrogen-bond donors (Lipinski definition) is 1. The zero-order valence-electron chi connectivity index (χ0n) is 14.0. The lowest BCUT2D eigenvalue weighted by Gasteiger charge is -2.40. The Labute approximate surface area is 138 Å². The van der Waals surface area contributed by atoms with Gasteiger partial charge >= 0.3 is 5.97 Å². The molecule has 1 aliphatic carbocycles. The second-order valence-corrected chi connectivity index (χ2v) is 9.58. The van der Waals surface area contributed by atoms with E-state index < -0.39 is 26.5 Å². The number of hydrogen-bond acceptors (Lipinski definition) is 3. The van der Waals surface area contributed by atoms with Crippen LogP contribution in [0.4, 0.5) is 0 Å². The van der Waals surface area contributed by atoms with Crippen LogP contribution in [0.1, 0.15) is 40.5 Å². The highest BCUT2D eigenvalue weighted by molar-refractivity contribution is 7.93. The maximum absolute atomic E-state index is 13.0. The summed E-state index contributed by atoms with van der Waals surface area (Å²) in [6.45, 7) is 7.86. The van der Waals surface area contributed by atoms with E-state index in [0.717, 1.165) is 12.8 Å². The molecule has 5 heteroatoms. The second kappa shape index (κ2) is 5.78. The molecule has 23 heavy (non-hydrogen) atoms. The maximum atomic E-state index is 13.0. The quantitative estimate of drug-likeness (QED) is 0.851. The number of carboxylic acids is 1. The van der Waals surface area contributed by atoms with Gasteiger partial charge in [0.25, 0.3) is 0 Å². The van der Waals surface area contributed by atoms with Crippen molar-refractivity contribution in [3.63, 3.8) is 0 Å². The smallest absolute Gasteiger partial charge is 0.326 e. The van der Waals surface area contributed by atoms with Gasteiger partial charge in [-0.05, 0) is 41.4 Å². The van der Waals surface area contributed by atoms with E-state index in [1.807, 2.05) is 33.8 Å². The molecule has 0 saturated carbocycles. The Morgan fingerprint density at radius 1 is 1.09 bits per heavy atom. The average Bonchev–Trinajstić information content (AvgIpc) is 2.44. The number of allylic oxidation sites excluding steroid dienone is 1. The van der Waals surface area contributed by atoms with Crippen LogP contribution in [0.2, 0.25) is 0 Å². The molecule has 0 aliphatic heterocycles. The molecule has 0 fully saturated rings. The van der Waals surface area contributed by atoms with Gasteiger partial charge in [0.1, 0.15) is 0 Å². The number of benzene rings is 1. The predicted octanol–water partition coefficient (Wildman–Crippen LogP) is 3.69. The van der Waals surface area contributed by atoms with Gasteiger partial charge in [-0.15, -0.1) is 0 Å². The van der Waals surface area contributed by atoms with Crippen LogP contribution >= 0.6 is 0 Å². The van der Waals surface area contributed by atoms with Gasteiger partial charge in [-0.3, -0.25) is 4.79 Å². The highest BCUT2D eigenvalue weighted by atomic mass is 32.2. The van der Waals surface area contributed by atoms with Crippen LogP contribution in [0.3, 0.4) is 0 Å². The number of carbonyl (C=O) groups is 1. The molecule has 0 aromatic heterocycles. The van der Waals surface area contributed by atoms with E-state index in [4.69, 9.17) is 0 Å². The monoisotopic (exact) mass is 336 g/mol. The van der Waals surface area contributed by atoms with Crippen molar-refractivity contribution >= 4 is 15.8 Å². The van der Waals surface area contributed by atoms with Crippen LogP contribution < -0.4 is 0 Å².